The van der Waals surface area contributed by atoms with Gasteiger partial charge in [0.25, 0.3) is 0 Å². The molecule has 3 aromatic heterocycles. The fourth-order valence-corrected chi connectivity index (χ4v) is 4.15. The molecule has 0 radical (unpaired) electrons. The number of hydrogen-bond acceptors (Lipinski definition) is 8. The van der Waals surface area contributed by atoms with Crippen LogP contribution in [0.5, 0.6) is 0 Å². The minimum absolute atomic E-state index is 0.00842. The third-order valence-corrected chi connectivity index (χ3v) is 6.03. The van der Waals surface area contributed by atoms with Gasteiger partial charge in [-0.05, 0) is 25.0 Å². The Morgan fingerprint density at radius 1 is 1.33 bits per heavy atom. The van der Waals surface area contributed by atoms with Crippen molar-refractivity contribution >= 4 is 40.1 Å². The molecule has 0 aliphatic carbocycles. The van der Waals surface area contributed by atoms with Crippen LogP contribution in [0.15, 0.2) is 23.4 Å². The average molecular weight is 427 g/mol. The summed E-state index contributed by atoms with van der Waals surface area (Å²) >= 11 is 1.08. The molecule has 9 nitrogen and oxygen atoms in total. The molecule has 1 fully saturated rings. The summed E-state index contributed by atoms with van der Waals surface area (Å²) in [5, 5.41) is 10.1. The van der Waals surface area contributed by atoms with Gasteiger partial charge in [-0.15, -0.1) is 0 Å². The van der Waals surface area contributed by atoms with Gasteiger partial charge in [-0.3, -0.25) is 14.2 Å². The van der Waals surface area contributed by atoms with Gasteiger partial charge in [0.1, 0.15) is 23.5 Å². The van der Waals surface area contributed by atoms with Gasteiger partial charge < -0.3 is 10.0 Å². The van der Waals surface area contributed by atoms with E-state index < -0.39 is 11.4 Å². The number of anilines is 1. The van der Waals surface area contributed by atoms with Crippen LogP contribution in [0.2, 0.25) is 0 Å². The summed E-state index contributed by atoms with van der Waals surface area (Å²) < 4.78 is 5.47. The molecule has 4 heterocycles. The lowest BCUT2D eigenvalue weighted by molar-refractivity contribution is -0.123. The van der Waals surface area contributed by atoms with E-state index in [-0.39, 0.29) is 22.7 Å². The second-order valence-electron chi connectivity index (χ2n) is 7.44. The number of nitrogens with zero attached hydrogens (tertiary/aromatic N) is 5. The Labute approximate surface area is 176 Å². The van der Waals surface area contributed by atoms with Crippen LogP contribution in [-0.4, -0.2) is 48.9 Å². The van der Waals surface area contributed by atoms with Crippen molar-refractivity contribution < 1.29 is 14.7 Å². The predicted octanol–water partition coefficient (Wildman–Crippen LogP) is 2.44. The molecule has 10 heteroatoms. The molecule has 1 N–H and O–H groups in total. The molecule has 0 amide bonds. The summed E-state index contributed by atoms with van der Waals surface area (Å²) in [6.45, 7) is 5.01. The number of pyridine rings is 2. The van der Waals surface area contributed by atoms with E-state index >= 15 is 0 Å². The fraction of sp³-hybridized carbons (Fsp3) is 0.400. The van der Waals surface area contributed by atoms with Gasteiger partial charge in [-0.25, -0.2) is 14.8 Å². The van der Waals surface area contributed by atoms with Gasteiger partial charge in [0.05, 0.1) is 11.3 Å². The van der Waals surface area contributed by atoms with Crippen molar-refractivity contribution in [2.45, 2.75) is 33.1 Å². The highest BCUT2D eigenvalue weighted by atomic mass is 32.1. The average Bonchev–Trinajstić information content (AvgIpc) is 3.19. The molecule has 1 aliphatic heterocycles. The first-order valence-corrected chi connectivity index (χ1v) is 10.5. The predicted molar refractivity (Wildman–Crippen MR) is 113 cm³/mol. The third-order valence-electron chi connectivity index (χ3n) is 5.37. The zero-order valence-corrected chi connectivity index (χ0v) is 17.5. The molecule has 0 aromatic carbocycles. The van der Waals surface area contributed by atoms with Gasteiger partial charge in [0, 0.05) is 37.2 Å². The lowest BCUT2D eigenvalue weighted by Crippen LogP contribution is -2.50. The summed E-state index contributed by atoms with van der Waals surface area (Å²) in [4.78, 5) is 47.4. The molecule has 0 atom stereocenters. The van der Waals surface area contributed by atoms with Gasteiger partial charge in [0.15, 0.2) is 5.65 Å². The van der Waals surface area contributed by atoms with Crippen LogP contribution in [0.4, 0.5) is 5.82 Å². The van der Waals surface area contributed by atoms with Crippen LogP contribution in [0, 0.1) is 12.8 Å². The lowest BCUT2D eigenvalue weighted by Gasteiger charge is -2.39. The monoisotopic (exact) mass is 427 g/mol. The maximum atomic E-state index is 12.8. The first-order valence-electron chi connectivity index (χ1n) is 9.75. The van der Waals surface area contributed by atoms with E-state index in [0.717, 1.165) is 24.4 Å². The van der Waals surface area contributed by atoms with Crippen LogP contribution < -0.4 is 10.3 Å². The molecular weight excluding hydrogens is 406 g/mol. The number of carboxylic acid groups (broad SMARTS) is 1. The third kappa shape index (κ3) is 3.47. The van der Waals surface area contributed by atoms with Crippen LogP contribution >= 0.6 is 11.5 Å². The molecular formula is C20H21N5O4S. The Morgan fingerprint density at radius 3 is 2.73 bits per heavy atom. The highest BCUT2D eigenvalue weighted by molar-refractivity contribution is 7.08. The van der Waals surface area contributed by atoms with Gasteiger partial charge in [-0.2, -0.15) is 4.37 Å². The molecule has 3 aromatic rings. The number of aryl methyl sites for hydroxylation is 1. The van der Waals surface area contributed by atoms with Crippen molar-refractivity contribution in [3.63, 3.8) is 0 Å². The summed E-state index contributed by atoms with van der Waals surface area (Å²) in [5.74, 6) is -0.364. The normalized spacial score (nSPS) is 14.1. The van der Waals surface area contributed by atoms with Crippen molar-refractivity contribution in [3.8, 4) is 5.13 Å². The SMILES string of the molecule is CCCCC(=O)C1CN(c2cc(C)c3c(=O)c(C(=O)O)cn(-c4ncns4)c3n2)C1. The zero-order valence-electron chi connectivity index (χ0n) is 16.7. The summed E-state index contributed by atoms with van der Waals surface area (Å²) in [6, 6.07) is 1.77. The molecule has 1 aliphatic rings. The number of carboxylic acids is 1. The quantitative estimate of drug-likeness (QED) is 0.611. The summed E-state index contributed by atoms with van der Waals surface area (Å²) in [5.41, 5.74) is 0.0339. The first kappa shape index (κ1) is 20.1. The maximum absolute atomic E-state index is 12.8. The van der Waals surface area contributed by atoms with Crippen molar-refractivity contribution in [2.24, 2.45) is 5.92 Å². The van der Waals surface area contributed by atoms with Crippen LogP contribution in [0.25, 0.3) is 16.2 Å². The van der Waals surface area contributed by atoms with Crippen LogP contribution in [0.1, 0.15) is 42.1 Å². The fourth-order valence-electron chi connectivity index (χ4n) is 3.64. The Bertz CT molecular complexity index is 1180. The second kappa shape index (κ2) is 7.94. The largest absolute Gasteiger partial charge is 0.477 e. The van der Waals surface area contributed by atoms with Crippen molar-refractivity contribution in [3.05, 3.63) is 39.9 Å². The molecule has 0 bridgehead atoms. The van der Waals surface area contributed by atoms with E-state index in [1.165, 1.54) is 17.1 Å². The minimum Gasteiger partial charge on any atom is -0.477 e. The number of ketones is 1. The summed E-state index contributed by atoms with van der Waals surface area (Å²) in [7, 11) is 0. The van der Waals surface area contributed by atoms with Crippen molar-refractivity contribution in [2.75, 3.05) is 18.0 Å². The smallest absolute Gasteiger partial charge is 0.341 e. The van der Waals surface area contributed by atoms with Gasteiger partial charge in [0.2, 0.25) is 10.6 Å². The van der Waals surface area contributed by atoms with Crippen LogP contribution in [0.3, 0.4) is 0 Å². The Hall–Kier alpha value is -3.14. The number of fused-ring (bicyclic) bond motifs is 1. The number of rotatable bonds is 7. The Kier molecular flexibility index (Phi) is 5.33. The maximum Gasteiger partial charge on any atom is 0.341 e. The molecule has 0 spiro atoms. The topological polar surface area (TPSA) is 118 Å². The highest BCUT2D eigenvalue weighted by Gasteiger charge is 2.33. The number of hydrogen-bond donors (Lipinski definition) is 1. The molecule has 0 saturated carbocycles. The van der Waals surface area contributed by atoms with E-state index in [1.807, 2.05) is 4.90 Å². The van der Waals surface area contributed by atoms with Crippen LogP contribution in [-0.2, 0) is 4.79 Å². The molecule has 0 unspecified atom stereocenters. The number of Topliss-reactive ketones (excluding diaryl/α,β-unsaturated/α-hetero) is 1. The zero-order chi connectivity index (χ0) is 21.4. The number of carbonyl (C=O) groups is 2. The number of aromatic carboxylic acids is 1. The highest BCUT2D eigenvalue weighted by Crippen LogP contribution is 2.29. The minimum atomic E-state index is -1.31. The summed E-state index contributed by atoms with van der Waals surface area (Å²) in [6.07, 6.45) is 5.12. The standard InChI is InChI=1S/C20H21N5O4S/c1-3-4-5-14(26)12-7-24(8-12)15-6-11(2)16-17(27)13(19(28)29)9-25(18(16)23-15)20-21-10-22-30-20/h6,9-10,12H,3-5,7-8H2,1-2H3,(H,28,29). The molecule has 30 heavy (non-hydrogen) atoms. The Balaban J connectivity index is 1.76. The van der Waals surface area contributed by atoms with E-state index in [4.69, 9.17) is 0 Å². The second-order valence-corrected chi connectivity index (χ2v) is 8.20. The number of aromatic nitrogens is 4. The molecule has 1 saturated heterocycles. The van der Waals surface area contributed by atoms with E-state index in [1.54, 1.807) is 13.0 Å². The Morgan fingerprint density at radius 2 is 2.10 bits per heavy atom. The number of unbranched alkanes of at least 4 members (excludes halogenated alkanes) is 1. The molecule has 4 rings (SSSR count). The van der Waals surface area contributed by atoms with E-state index in [0.29, 0.717) is 41.7 Å². The van der Waals surface area contributed by atoms with Crippen molar-refractivity contribution in [1.29, 1.82) is 0 Å². The first-order chi connectivity index (χ1) is 14.4. The molecule has 156 valence electrons. The van der Waals surface area contributed by atoms with Crippen molar-refractivity contribution in [1.82, 2.24) is 18.9 Å². The van der Waals surface area contributed by atoms with Gasteiger partial charge >= 0.3 is 5.97 Å². The van der Waals surface area contributed by atoms with E-state index in [2.05, 4.69) is 21.3 Å². The van der Waals surface area contributed by atoms with Gasteiger partial charge in [-0.1, -0.05) is 13.3 Å². The van der Waals surface area contributed by atoms with E-state index in [9.17, 15) is 19.5 Å². The lowest BCUT2D eigenvalue weighted by atomic mass is 9.92. The number of carbonyl (C=O) groups excluding carboxylic acids is 1.